The van der Waals surface area contributed by atoms with E-state index in [4.69, 9.17) is 16.3 Å². The fourth-order valence-corrected chi connectivity index (χ4v) is 2.38. The maximum absolute atomic E-state index is 12.2. The molecule has 0 aromatic heterocycles. The molecule has 4 nitrogen and oxygen atoms in total. The Bertz CT molecular complexity index is 710. The van der Waals surface area contributed by atoms with Gasteiger partial charge in [-0.25, -0.2) is 0 Å². The van der Waals surface area contributed by atoms with Crippen LogP contribution in [0, 0.1) is 0 Å². The van der Waals surface area contributed by atoms with Gasteiger partial charge in [0.05, 0.1) is 12.1 Å². The molecule has 0 aliphatic carbocycles. The summed E-state index contributed by atoms with van der Waals surface area (Å²) in [6, 6.07) is 11.5. The van der Waals surface area contributed by atoms with Gasteiger partial charge in [-0.05, 0) is 36.2 Å². The Labute approximate surface area is 143 Å². The van der Waals surface area contributed by atoms with Gasteiger partial charge in [0.1, 0.15) is 11.5 Å². The number of carbonyl (C=O) groups is 1. The summed E-state index contributed by atoms with van der Waals surface area (Å²) in [5.74, 6) is 0.361. The molecule has 0 saturated carbocycles. The van der Waals surface area contributed by atoms with E-state index >= 15 is 0 Å². The molecule has 0 saturated heterocycles. The first kappa shape index (κ1) is 18.0. The number of nitrogens with one attached hydrogen (secondary N) is 1. The first-order valence-electron chi connectivity index (χ1n) is 7.15. The molecule has 0 bridgehead atoms. The number of rotatable bonds is 7. The summed E-state index contributed by atoms with van der Waals surface area (Å²) in [5.41, 5.74) is 1.33. The molecule has 128 valence electrons. The van der Waals surface area contributed by atoms with Gasteiger partial charge in [0.15, 0.2) is 0 Å². The van der Waals surface area contributed by atoms with Crippen LogP contribution in [0.5, 0.6) is 11.5 Å². The summed E-state index contributed by atoms with van der Waals surface area (Å²) in [6.45, 7) is -2.95. The number of methoxy groups -OCH3 is 1. The van der Waals surface area contributed by atoms with Crippen molar-refractivity contribution in [1.29, 1.82) is 0 Å². The fourth-order valence-electron chi connectivity index (χ4n) is 2.15. The molecule has 0 atom stereocenters. The first-order valence-corrected chi connectivity index (χ1v) is 7.53. The van der Waals surface area contributed by atoms with Crippen LogP contribution in [0.2, 0.25) is 5.02 Å². The molecule has 0 unspecified atom stereocenters. The number of carbonyl (C=O) groups excluding carboxylic acids is 1. The molecule has 0 aliphatic heterocycles. The van der Waals surface area contributed by atoms with Gasteiger partial charge in [-0.2, -0.15) is 8.78 Å². The molecule has 1 N–H and O–H groups in total. The molecule has 0 spiro atoms. The smallest absolute Gasteiger partial charge is 0.387 e. The Kier molecular flexibility index (Phi) is 6.37. The summed E-state index contributed by atoms with van der Waals surface area (Å²) in [7, 11) is 1.57. The highest BCUT2D eigenvalue weighted by atomic mass is 35.5. The number of hydrogen-bond acceptors (Lipinski definition) is 3. The second-order valence-corrected chi connectivity index (χ2v) is 5.29. The zero-order valence-corrected chi connectivity index (χ0v) is 13.6. The van der Waals surface area contributed by atoms with E-state index in [2.05, 4.69) is 10.1 Å². The number of aryl methyl sites for hydroxylation is 1. The Hall–Kier alpha value is -2.34. The van der Waals surface area contributed by atoms with Gasteiger partial charge in [0.25, 0.3) is 0 Å². The average Bonchev–Trinajstić information content (AvgIpc) is 2.55. The second-order valence-electron chi connectivity index (χ2n) is 4.88. The third-order valence-corrected chi connectivity index (χ3v) is 3.54. The summed E-state index contributed by atoms with van der Waals surface area (Å²) in [5, 5.41) is 2.66. The Morgan fingerprint density at radius 3 is 2.62 bits per heavy atom. The van der Waals surface area contributed by atoms with Crippen molar-refractivity contribution < 1.29 is 23.0 Å². The molecule has 0 fully saturated rings. The normalized spacial score (nSPS) is 10.5. The van der Waals surface area contributed by atoms with Crippen LogP contribution in [0.3, 0.4) is 0 Å². The number of ether oxygens (including phenoxy) is 2. The van der Waals surface area contributed by atoms with Gasteiger partial charge < -0.3 is 14.8 Å². The van der Waals surface area contributed by atoms with Crippen LogP contribution in [0.15, 0.2) is 42.5 Å². The number of anilines is 1. The number of para-hydroxylation sites is 1. The quantitative estimate of drug-likeness (QED) is 0.794. The highest BCUT2D eigenvalue weighted by Crippen LogP contribution is 2.29. The maximum Gasteiger partial charge on any atom is 0.387 e. The summed E-state index contributed by atoms with van der Waals surface area (Å²) in [4.78, 5) is 12.0. The van der Waals surface area contributed by atoms with Crippen molar-refractivity contribution >= 4 is 23.2 Å². The number of benzene rings is 2. The first-order chi connectivity index (χ1) is 11.5. The summed E-state index contributed by atoms with van der Waals surface area (Å²) < 4.78 is 33.8. The van der Waals surface area contributed by atoms with Crippen LogP contribution in [0.25, 0.3) is 0 Å². The highest BCUT2D eigenvalue weighted by Gasteiger charge is 2.11. The lowest BCUT2D eigenvalue weighted by atomic mass is 10.1. The van der Waals surface area contributed by atoms with Crippen molar-refractivity contribution in [3.63, 3.8) is 0 Å². The molecule has 2 aromatic rings. The molecule has 0 radical (unpaired) electrons. The minimum Gasteiger partial charge on any atom is -0.496 e. The van der Waals surface area contributed by atoms with Crippen LogP contribution in [0.1, 0.15) is 12.0 Å². The fraction of sp³-hybridized carbons (Fsp3) is 0.235. The van der Waals surface area contributed by atoms with E-state index in [0.29, 0.717) is 12.1 Å². The topological polar surface area (TPSA) is 47.6 Å². The molecule has 2 rings (SSSR count). The van der Waals surface area contributed by atoms with Crippen LogP contribution >= 0.6 is 11.6 Å². The zero-order valence-electron chi connectivity index (χ0n) is 12.9. The Morgan fingerprint density at radius 2 is 1.96 bits per heavy atom. The van der Waals surface area contributed by atoms with Gasteiger partial charge >= 0.3 is 6.61 Å². The van der Waals surface area contributed by atoms with E-state index in [-0.39, 0.29) is 23.1 Å². The lowest BCUT2D eigenvalue weighted by Crippen LogP contribution is -2.12. The number of halogens is 3. The minimum absolute atomic E-state index is 0.00201. The molecule has 0 aliphatic rings. The van der Waals surface area contributed by atoms with Crippen molar-refractivity contribution in [2.75, 3.05) is 12.4 Å². The largest absolute Gasteiger partial charge is 0.496 e. The van der Waals surface area contributed by atoms with E-state index in [0.717, 1.165) is 11.3 Å². The van der Waals surface area contributed by atoms with Crippen LogP contribution < -0.4 is 14.8 Å². The average molecular weight is 356 g/mol. The molecule has 7 heteroatoms. The monoisotopic (exact) mass is 355 g/mol. The van der Waals surface area contributed by atoms with Crippen LogP contribution in [-0.4, -0.2) is 19.6 Å². The van der Waals surface area contributed by atoms with Crippen molar-refractivity contribution in [2.24, 2.45) is 0 Å². The number of hydrogen-bond donors (Lipinski definition) is 1. The SMILES string of the molecule is COc1ccccc1CCC(=O)Nc1ccc(OC(F)F)c(Cl)c1. The van der Waals surface area contributed by atoms with Gasteiger partial charge in [-0.15, -0.1) is 0 Å². The summed E-state index contributed by atoms with van der Waals surface area (Å²) in [6.07, 6.45) is 0.753. The Balaban J connectivity index is 1.94. The molecule has 24 heavy (non-hydrogen) atoms. The molecule has 0 heterocycles. The van der Waals surface area contributed by atoms with E-state index in [1.54, 1.807) is 7.11 Å². The molecular formula is C17H16ClF2NO3. The molecular weight excluding hydrogens is 340 g/mol. The van der Waals surface area contributed by atoms with Crippen LogP contribution in [-0.2, 0) is 11.2 Å². The number of alkyl halides is 2. The third kappa shape index (κ3) is 5.09. The van der Waals surface area contributed by atoms with E-state index in [1.807, 2.05) is 24.3 Å². The van der Waals surface area contributed by atoms with Crippen LogP contribution in [0.4, 0.5) is 14.5 Å². The van der Waals surface area contributed by atoms with Gasteiger partial charge in [0, 0.05) is 12.1 Å². The van der Waals surface area contributed by atoms with Gasteiger partial charge in [-0.1, -0.05) is 29.8 Å². The van der Waals surface area contributed by atoms with Crippen molar-refractivity contribution in [2.45, 2.75) is 19.5 Å². The predicted octanol–water partition coefficient (Wildman–Crippen LogP) is 4.52. The third-order valence-electron chi connectivity index (χ3n) is 3.25. The second kappa shape index (κ2) is 8.49. The lowest BCUT2D eigenvalue weighted by Gasteiger charge is -2.10. The van der Waals surface area contributed by atoms with Crippen molar-refractivity contribution in [3.8, 4) is 11.5 Å². The van der Waals surface area contributed by atoms with Gasteiger partial charge in [-0.3, -0.25) is 4.79 Å². The highest BCUT2D eigenvalue weighted by molar-refractivity contribution is 6.32. The predicted molar refractivity (Wildman–Crippen MR) is 88.0 cm³/mol. The number of amides is 1. The molecule has 1 amide bonds. The van der Waals surface area contributed by atoms with E-state index in [9.17, 15) is 13.6 Å². The lowest BCUT2D eigenvalue weighted by molar-refractivity contribution is -0.116. The minimum atomic E-state index is -2.95. The van der Waals surface area contributed by atoms with Crippen molar-refractivity contribution in [1.82, 2.24) is 0 Å². The summed E-state index contributed by atoms with van der Waals surface area (Å²) >= 11 is 5.84. The van der Waals surface area contributed by atoms with E-state index in [1.165, 1.54) is 18.2 Å². The maximum atomic E-state index is 12.2. The van der Waals surface area contributed by atoms with Gasteiger partial charge in [0.2, 0.25) is 5.91 Å². The zero-order chi connectivity index (χ0) is 17.5. The molecule has 2 aromatic carbocycles. The Morgan fingerprint density at radius 1 is 1.21 bits per heavy atom. The standard InChI is InChI=1S/C17H16ClF2NO3/c1-23-14-5-3-2-4-11(14)6-9-16(22)21-12-7-8-15(13(18)10-12)24-17(19)20/h2-5,7-8,10,17H,6,9H2,1H3,(H,21,22). The van der Waals surface area contributed by atoms with E-state index < -0.39 is 6.61 Å². The van der Waals surface area contributed by atoms with Crippen molar-refractivity contribution in [3.05, 3.63) is 53.1 Å².